The Hall–Kier alpha value is 0.716. The van der Waals surface area contributed by atoms with Gasteiger partial charge in [0.2, 0.25) is 0 Å². The Morgan fingerprint density at radius 3 is 1.58 bits per heavy atom. The third-order valence-corrected chi connectivity index (χ3v) is 25.0. The zero-order chi connectivity index (χ0) is 20.3. The zero-order valence-corrected chi connectivity index (χ0v) is 23.6. The van der Waals surface area contributed by atoms with E-state index < -0.39 is 26.7 Å². The van der Waals surface area contributed by atoms with Crippen LogP contribution in [0.2, 0.25) is 31.4 Å². The number of rotatable bonds is 14. The minimum atomic E-state index is -2.17. The van der Waals surface area contributed by atoms with E-state index in [0.29, 0.717) is 11.1 Å². The predicted molar refractivity (Wildman–Crippen MR) is 126 cm³/mol. The second-order valence-corrected chi connectivity index (χ2v) is 27.6. The molecule has 0 rings (SSSR count). The van der Waals surface area contributed by atoms with Gasteiger partial charge in [0.1, 0.15) is 0 Å². The fourth-order valence-electron chi connectivity index (χ4n) is 3.34. The molecule has 3 heteroatoms. The first kappa shape index (κ1) is 26.7. The number of unbranched alkanes of at least 4 members (excludes halogenated alkanes) is 3. The van der Waals surface area contributed by atoms with Gasteiger partial charge in [-0.15, -0.1) is 0 Å². The Bertz CT molecular complexity index is 362. The SMILES string of the molecule is CCC[CH2][Sn](/[CH]=C/C(CC)O[Si](C)(C)C(C)(C)C)([CH2]CCC)[CH2]CCC. The summed E-state index contributed by atoms with van der Waals surface area (Å²) in [7, 11) is -1.69. The maximum atomic E-state index is 6.75. The third-order valence-electron chi connectivity index (χ3n) is 6.40. The van der Waals surface area contributed by atoms with Crippen molar-refractivity contribution in [3.8, 4) is 0 Å². The molecule has 0 aromatic rings. The predicted octanol–water partition coefficient (Wildman–Crippen LogP) is 8.73. The summed E-state index contributed by atoms with van der Waals surface area (Å²) in [5.74, 6) is 0. The topological polar surface area (TPSA) is 9.23 Å². The van der Waals surface area contributed by atoms with E-state index in [-0.39, 0.29) is 0 Å². The molecule has 0 aliphatic rings. The molecule has 0 saturated heterocycles. The average molecular weight is 489 g/mol. The summed E-state index contributed by atoms with van der Waals surface area (Å²) >= 11 is -2.17. The standard InChI is InChI=1S/C11H23OSi.3C4H9.Sn/c1-8-10(9-2)12-13(6,7)11(3,4)5;3*1-3-4-2;/h1,8,10H,9H2,2-7H3;3*1,3-4H2,2H3;. The molecule has 1 nitrogen and oxygen atoms in total. The Kier molecular flexibility index (Phi) is 13.4. The van der Waals surface area contributed by atoms with Gasteiger partial charge < -0.3 is 0 Å². The quantitative estimate of drug-likeness (QED) is 0.222. The van der Waals surface area contributed by atoms with Crippen LogP contribution >= 0.6 is 0 Å². The van der Waals surface area contributed by atoms with E-state index in [4.69, 9.17) is 4.43 Å². The van der Waals surface area contributed by atoms with Gasteiger partial charge in [-0.1, -0.05) is 0 Å². The molecule has 0 saturated carbocycles. The van der Waals surface area contributed by atoms with Crippen molar-refractivity contribution in [1.29, 1.82) is 0 Å². The molecular weight excluding hydrogens is 439 g/mol. The molecule has 0 amide bonds. The van der Waals surface area contributed by atoms with E-state index in [1.54, 1.807) is 13.3 Å². The van der Waals surface area contributed by atoms with Crippen molar-refractivity contribution in [3.05, 3.63) is 10.2 Å². The van der Waals surface area contributed by atoms with E-state index in [2.05, 4.69) is 71.7 Å². The molecule has 156 valence electrons. The van der Waals surface area contributed by atoms with E-state index in [1.807, 2.05) is 0 Å². The normalized spacial score (nSPS) is 15.0. The molecule has 0 aromatic carbocycles. The molecule has 0 aromatic heterocycles. The molecule has 0 bridgehead atoms. The summed E-state index contributed by atoms with van der Waals surface area (Å²) in [6.45, 7) is 21.2. The fourth-order valence-corrected chi connectivity index (χ4v) is 19.1. The van der Waals surface area contributed by atoms with Crippen LogP contribution in [0.15, 0.2) is 10.2 Å². The first-order valence-corrected chi connectivity index (χ1v) is 22.1. The number of hydrogen-bond donors (Lipinski definition) is 0. The molecule has 1 unspecified atom stereocenters. The van der Waals surface area contributed by atoms with Crippen molar-refractivity contribution in [2.24, 2.45) is 0 Å². The summed E-state index contributed by atoms with van der Waals surface area (Å²) in [5, 5.41) is 0.293. The Balaban J connectivity index is 5.38. The molecule has 1 atom stereocenters. The van der Waals surface area contributed by atoms with Crippen LogP contribution in [-0.2, 0) is 4.43 Å². The van der Waals surface area contributed by atoms with Gasteiger partial charge in [0.15, 0.2) is 0 Å². The summed E-state index contributed by atoms with van der Waals surface area (Å²) in [5.41, 5.74) is 0. The van der Waals surface area contributed by atoms with Crippen LogP contribution in [0.5, 0.6) is 0 Å². The summed E-state index contributed by atoms with van der Waals surface area (Å²) in [6, 6.07) is 0. The van der Waals surface area contributed by atoms with Crippen LogP contribution in [0, 0.1) is 0 Å². The van der Waals surface area contributed by atoms with Gasteiger partial charge in [-0.25, -0.2) is 0 Å². The maximum absolute atomic E-state index is 6.75. The van der Waals surface area contributed by atoms with Gasteiger partial charge in [0.25, 0.3) is 0 Å². The summed E-state index contributed by atoms with van der Waals surface area (Å²) in [4.78, 5) is 0. The Morgan fingerprint density at radius 1 is 0.846 bits per heavy atom. The molecule has 0 radical (unpaired) electrons. The molecule has 0 spiro atoms. The van der Waals surface area contributed by atoms with E-state index in [1.165, 1.54) is 38.5 Å². The van der Waals surface area contributed by atoms with Gasteiger partial charge in [0.05, 0.1) is 0 Å². The van der Waals surface area contributed by atoms with Crippen LogP contribution in [-0.4, -0.2) is 32.8 Å². The molecule has 0 fully saturated rings. The first-order valence-electron chi connectivity index (χ1n) is 11.4. The average Bonchev–Trinajstić information content (AvgIpc) is 2.58. The van der Waals surface area contributed by atoms with E-state index >= 15 is 0 Å². The fraction of sp³-hybridized carbons (Fsp3) is 0.913. The summed E-state index contributed by atoms with van der Waals surface area (Å²) in [6.07, 6.45) is 12.3. The molecule has 0 aliphatic carbocycles. The van der Waals surface area contributed by atoms with Crippen molar-refractivity contribution in [3.63, 3.8) is 0 Å². The molecule has 0 aliphatic heterocycles. The second kappa shape index (κ2) is 13.0. The van der Waals surface area contributed by atoms with Gasteiger partial charge in [-0.2, -0.15) is 0 Å². The molecule has 0 N–H and O–H groups in total. The first-order chi connectivity index (χ1) is 12.1. The van der Waals surface area contributed by atoms with Crippen LogP contribution in [0.1, 0.15) is 93.4 Å². The van der Waals surface area contributed by atoms with Gasteiger partial charge in [-0.3, -0.25) is 0 Å². The van der Waals surface area contributed by atoms with E-state index in [9.17, 15) is 0 Å². The Labute approximate surface area is 171 Å². The van der Waals surface area contributed by atoms with Crippen LogP contribution < -0.4 is 0 Å². The second-order valence-electron chi connectivity index (χ2n) is 9.86. The molecular formula is C23H50OSiSn. The Morgan fingerprint density at radius 2 is 1.27 bits per heavy atom. The van der Waals surface area contributed by atoms with Crippen LogP contribution in [0.25, 0.3) is 0 Å². The molecule has 0 heterocycles. The number of hydrogen-bond acceptors (Lipinski definition) is 1. The van der Waals surface area contributed by atoms with Gasteiger partial charge >= 0.3 is 172 Å². The van der Waals surface area contributed by atoms with Gasteiger partial charge in [0, 0.05) is 0 Å². The van der Waals surface area contributed by atoms with Crippen molar-refractivity contribution < 1.29 is 4.43 Å². The van der Waals surface area contributed by atoms with Crippen LogP contribution in [0.4, 0.5) is 0 Å². The van der Waals surface area contributed by atoms with Crippen molar-refractivity contribution >= 4 is 26.7 Å². The van der Waals surface area contributed by atoms with Crippen molar-refractivity contribution in [2.45, 2.75) is 131 Å². The zero-order valence-electron chi connectivity index (χ0n) is 19.7. The minimum absolute atomic E-state index is 0.293. The van der Waals surface area contributed by atoms with Crippen molar-refractivity contribution in [2.75, 3.05) is 0 Å². The third kappa shape index (κ3) is 9.77. The van der Waals surface area contributed by atoms with Crippen molar-refractivity contribution in [1.82, 2.24) is 0 Å². The van der Waals surface area contributed by atoms with Gasteiger partial charge in [-0.05, 0) is 0 Å². The van der Waals surface area contributed by atoms with Crippen LogP contribution in [0.3, 0.4) is 0 Å². The van der Waals surface area contributed by atoms with E-state index in [0.717, 1.165) is 6.42 Å². The monoisotopic (exact) mass is 490 g/mol. The molecule has 26 heavy (non-hydrogen) atoms. The summed E-state index contributed by atoms with van der Waals surface area (Å²) < 4.78 is 14.2.